The maximum absolute atomic E-state index is 9.16. The molecular formula is C14H22O. The van der Waals surface area contributed by atoms with Crippen LogP contribution in [0.1, 0.15) is 57.2 Å². The van der Waals surface area contributed by atoms with Gasteiger partial charge in [0.05, 0.1) is 6.61 Å². The topological polar surface area (TPSA) is 20.2 Å². The average molecular weight is 206 g/mol. The van der Waals surface area contributed by atoms with Gasteiger partial charge in [0.25, 0.3) is 0 Å². The lowest BCUT2D eigenvalue weighted by atomic mass is 9.80. The second-order valence-electron chi connectivity index (χ2n) is 5.48. The average Bonchev–Trinajstić information content (AvgIpc) is 2.15. The van der Waals surface area contributed by atoms with E-state index in [0.29, 0.717) is 5.92 Å². The molecule has 0 radical (unpaired) electrons. The standard InChI is InChI=1S/C14H22O/c1-10(2)12-7-6-11(9-15)8-13(12)14(3,4)5/h6-8,10,15H,9H2,1-5H3. The monoisotopic (exact) mass is 206 g/mol. The highest BCUT2D eigenvalue weighted by molar-refractivity contribution is 5.38. The van der Waals surface area contributed by atoms with E-state index < -0.39 is 0 Å². The van der Waals surface area contributed by atoms with Crippen molar-refractivity contribution in [1.82, 2.24) is 0 Å². The number of aliphatic hydroxyl groups is 1. The molecule has 1 N–H and O–H groups in total. The van der Waals surface area contributed by atoms with E-state index in [4.69, 9.17) is 5.11 Å². The van der Waals surface area contributed by atoms with Crippen LogP contribution >= 0.6 is 0 Å². The van der Waals surface area contributed by atoms with E-state index in [1.807, 2.05) is 6.07 Å². The third kappa shape index (κ3) is 2.82. The van der Waals surface area contributed by atoms with Gasteiger partial charge in [-0.15, -0.1) is 0 Å². The van der Waals surface area contributed by atoms with Crippen LogP contribution in [0.2, 0.25) is 0 Å². The number of hydrogen-bond acceptors (Lipinski definition) is 1. The lowest BCUT2D eigenvalue weighted by molar-refractivity contribution is 0.281. The summed E-state index contributed by atoms with van der Waals surface area (Å²) >= 11 is 0. The lowest BCUT2D eigenvalue weighted by Gasteiger charge is -2.25. The molecule has 15 heavy (non-hydrogen) atoms. The molecule has 0 amide bonds. The predicted molar refractivity (Wildman–Crippen MR) is 65.2 cm³/mol. The Morgan fingerprint density at radius 2 is 1.80 bits per heavy atom. The van der Waals surface area contributed by atoms with Gasteiger partial charge in [-0.05, 0) is 28.0 Å². The van der Waals surface area contributed by atoms with Gasteiger partial charge in [0, 0.05) is 0 Å². The van der Waals surface area contributed by atoms with E-state index in [1.165, 1.54) is 11.1 Å². The molecule has 0 fully saturated rings. The van der Waals surface area contributed by atoms with Gasteiger partial charge in [0.15, 0.2) is 0 Å². The zero-order valence-electron chi connectivity index (χ0n) is 10.5. The number of aliphatic hydroxyl groups excluding tert-OH is 1. The maximum atomic E-state index is 9.16. The zero-order chi connectivity index (χ0) is 11.6. The van der Waals surface area contributed by atoms with Crippen LogP contribution in [-0.2, 0) is 12.0 Å². The van der Waals surface area contributed by atoms with Crippen molar-refractivity contribution >= 4 is 0 Å². The van der Waals surface area contributed by atoms with E-state index >= 15 is 0 Å². The Kier molecular flexibility index (Phi) is 3.56. The van der Waals surface area contributed by atoms with Crippen molar-refractivity contribution in [1.29, 1.82) is 0 Å². The van der Waals surface area contributed by atoms with Crippen LogP contribution in [0.25, 0.3) is 0 Å². The van der Waals surface area contributed by atoms with Crippen LogP contribution in [0, 0.1) is 0 Å². The lowest BCUT2D eigenvalue weighted by Crippen LogP contribution is -2.15. The Labute approximate surface area is 93.1 Å². The summed E-state index contributed by atoms with van der Waals surface area (Å²) in [6.07, 6.45) is 0. The van der Waals surface area contributed by atoms with E-state index in [0.717, 1.165) is 5.56 Å². The predicted octanol–water partition coefficient (Wildman–Crippen LogP) is 3.60. The molecule has 0 bridgehead atoms. The maximum Gasteiger partial charge on any atom is 0.0681 e. The van der Waals surface area contributed by atoms with Crippen molar-refractivity contribution in [3.8, 4) is 0 Å². The Morgan fingerprint density at radius 3 is 2.20 bits per heavy atom. The van der Waals surface area contributed by atoms with E-state index in [2.05, 4.69) is 46.8 Å². The Balaban J connectivity index is 3.29. The molecule has 1 rings (SSSR count). The quantitative estimate of drug-likeness (QED) is 0.784. The van der Waals surface area contributed by atoms with Gasteiger partial charge in [-0.2, -0.15) is 0 Å². The summed E-state index contributed by atoms with van der Waals surface area (Å²) in [5.41, 5.74) is 3.89. The van der Waals surface area contributed by atoms with Crippen LogP contribution in [0.3, 0.4) is 0 Å². The van der Waals surface area contributed by atoms with Crippen LogP contribution in [0.15, 0.2) is 18.2 Å². The summed E-state index contributed by atoms with van der Waals surface area (Å²) in [5.74, 6) is 0.534. The van der Waals surface area contributed by atoms with Crippen LogP contribution in [0.5, 0.6) is 0 Å². The second kappa shape index (κ2) is 4.36. The van der Waals surface area contributed by atoms with Gasteiger partial charge in [-0.1, -0.05) is 52.8 Å². The first-order valence-electron chi connectivity index (χ1n) is 5.60. The molecule has 1 nitrogen and oxygen atoms in total. The highest BCUT2D eigenvalue weighted by atomic mass is 16.3. The zero-order valence-corrected chi connectivity index (χ0v) is 10.5. The molecule has 0 aliphatic carbocycles. The minimum atomic E-state index is 0.126. The summed E-state index contributed by atoms with van der Waals surface area (Å²) in [4.78, 5) is 0. The van der Waals surface area contributed by atoms with Crippen molar-refractivity contribution in [3.63, 3.8) is 0 Å². The van der Waals surface area contributed by atoms with Gasteiger partial charge in [0.1, 0.15) is 0 Å². The first-order valence-corrected chi connectivity index (χ1v) is 5.60. The normalized spacial score (nSPS) is 12.2. The van der Waals surface area contributed by atoms with Gasteiger partial charge < -0.3 is 5.11 Å². The molecule has 0 saturated heterocycles. The summed E-state index contributed by atoms with van der Waals surface area (Å²) in [6.45, 7) is 11.2. The second-order valence-corrected chi connectivity index (χ2v) is 5.48. The number of benzene rings is 1. The molecule has 0 aliphatic heterocycles. The van der Waals surface area contributed by atoms with Crippen molar-refractivity contribution in [2.24, 2.45) is 0 Å². The highest BCUT2D eigenvalue weighted by Gasteiger charge is 2.19. The molecule has 84 valence electrons. The van der Waals surface area contributed by atoms with Gasteiger partial charge in [-0.25, -0.2) is 0 Å². The summed E-state index contributed by atoms with van der Waals surface area (Å²) < 4.78 is 0. The number of hydrogen-bond donors (Lipinski definition) is 1. The van der Waals surface area contributed by atoms with Gasteiger partial charge >= 0.3 is 0 Å². The van der Waals surface area contributed by atoms with E-state index in [1.54, 1.807) is 0 Å². The molecule has 0 aromatic heterocycles. The molecule has 1 heteroatoms. The van der Waals surface area contributed by atoms with Crippen molar-refractivity contribution in [2.75, 3.05) is 0 Å². The molecule has 0 spiro atoms. The molecule has 0 unspecified atom stereocenters. The van der Waals surface area contributed by atoms with Crippen molar-refractivity contribution in [2.45, 2.75) is 52.6 Å². The Morgan fingerprint density at radius 1 is 1.20 bits per heavy atom. The molecule has 1 aromatic carbocycles. The fraction of sp³-hybridized carbons (Fsp3) is 0.571. The molecule has 1 aromatic rings. The van der Waals surface area contributed by atoms with Crippen molar-refractivity contribution in [3.05, 3.63) is 34.9 Å². The Hall–Kier alpha value is -0.820. The minimum absolute atomic E-state index is 0.126. The van der Waals surface area contributed by atoms with E-state index in [-0.39, 0.29) is 12.0 Å². The first-order chi connectivity index (χ1) is 6.86. The molecule has 0 atom stereocenters. The summed E-state index contributed by atoms with van der Waals surface area (Å²) in [5, 5.41) is 9.16. The Bertz CT molecular complexity index is 332. The summed E-state index contributed by atoms with van der Waals surface area (Å²) in [7, 11) is 0. The summed E-state index contributed by atoms with van der Waals surface area (Å²) in [6, 6.07) is 6.30. The van der Waals surface area contributed by atoms with Crippen LogP contribution in [0.4, 0.5) is 0 Å². The van der Waals surface area contributed by atoms with Crippen molar-refractivity contribution < 1.29 is 5.11 Å². The SMILES string of the molecule is CC(C)c1ccc(CO)cc1C(C)(C)C. The van der Waals surface area contributed by atoms with Crippen LogP contribution in [-0.4, -0.2) is 5.11 Å². The van der Waals surface area contributed by atoms with E-state index in [9.17, 15) is 0 Å². The first kappa shape index (κ1) is 12.3. The fourth-order valence-corrected chi connectivity index (χ4v) is 1.85. The van der Waals surface area contributed by atoms with Crippen LogP contribution < -0.4 is 0 Å². The van der Waals surface area contributed by atoms with Gasteiger partial charge in [-0.3, -0.25) is 0 Å². The molecule has 0 saturated carbocycles. The molecular weight excluding hydrogens is 184 g/mol. The molecule has 0 heterocycles. The number of rotatable bonds is 2. The minimum Gasteiger partial charge on any atom is -0.392 e. The largest absolute Gasteiger partial charge is 0.392 e. The molecule has 0 aliphatic rings. The smallest absolute Gasteiger partial charge is 0.0681 e. The third-order valence-electron chi connectivity index (χ3n) is 2.73. The third-order valence-corrected chi connectivity index (χ3v) is 2.73. The van der Waals surface area contributed by atoms with Gasteiger partial charge in [0.2, 0.25) is 0 Å². The fourth-order valence-electron chi connectivity index (χ4n) is 1.85. The highest BCUT2D eigenvalue weighted by Crippen LogP contribution is 2.31.